The van der Waals surface area contributed by atoms with Crippen molar-refractivity contribution in [1.29, 1.82) is 0 Å². The van der Waals surface area contributed by atoms with Crippen molar-refractivity contribution < 1.29 is 0 Å². The largest absolute Gasteiger partial charge is 0.316 e. The molecule has 2 fully saturated rings. The lowest BCUT2D eigenvalue weighted by molar-refractivity contribution is 0.445. The third-order valence-electron chi connectivity index (χ3n) is 3.72. The molecule has 0 amide bonds. The molecule has 0 unspecified atom stereocenters. The molecule has 1 aliphatic heterocycles. The van der Waals surface area contributed by atoms with Crippen LogP contribution < -0.4 is 5.32 Å². The van der Waals surface area contributed by atoms with Crippen molar-refractivity contribution in [2.75, 3.05) is 13.1 Å². The van der Waals surface area contributed by atoms with Crippen molar-refractivity contribution in [3.8, 4) is 0 Å². The first kappa shape index (κ1) is 10.0. The fraction of sp³-hybridized carbons (Fsp3) is 0.500. The Bertz CT molecular complexity index is 311. The van der Waals surface area contributed by atoms with E-state index in [1.807, 2.05) is 0 Å². The van der Waals surface area contributed by atoms with Gasteiger partial charge in [0.2, 0.25) is 0 Å². The van der Waals surface area contributed by atoms with Gasteiger partial charge in [-0.25, -0.2) is 0 Å². The summed E-state index contributed by atoms with van der Waals surface area (Å²) in [5.74, 6) is 0.920. The molecular formula is C12H16ClN. The van der Waals surface area contributed by atoms with Gasteiger partial charge in [0.05, 0.1) is 0 Å². The SMILES string of the molecule is Cl.c1ccc([C@]23CCNC[C@H]2C3)cc1. The van der Waals surface area contributed by atoms with Gasteiger partial charge in [0, 0.05) is 5.41 Å². The Morgan fingerprint density at radius 3 is 2.71 bits per heavy atom. The van der Waals surface area contributed by atoms with E-state index < -0.39 is 0 Å². The molecule has 14 heavy (non-hydrogen) atoms. The van der Waals surface area contributed by atoms with E-state index in [0.717, 1.165) is 5.92 Å². The summed E-state index contributed by atoms with van der Waals surface area (Å²) in [6, 6.07) is 11.0. The van der Waals surface area contributed by atoms with Gasteiger partial charge in [0.25, 0.3) is 0 Å². The molecule has 2 aliphatic rings. The molecule has 76 valence electrons. The Labute approximate surface area is 91.3 Å². The molecule has 1 aromatic carbocycles. The smallest absolute Gasteiger partial charge is 0.000912 e. The van der Waals surface area contributed by atoms with Gasteiger partial charge in [-0.15, -0.1) is 12.4 Å². The highest BCUT2D eigenvalue weighted by atomic mass is 35.5. The quantitative estimate of drug-likeness (QED) is 0.749. The Morgan fingerprint density at radius 1 is 1.21 bits per heavy atom. The van der Waals surface area contributed by atoms with Crippen LogP contribution in [0.1, 0.15) is 18.4 Å². The normalized spacial score (nSPS) is 34.1. The van der Waals surface area contributed by atoms with E-state index in [-0.39, 0.29) is 12.4 Å². The highest BCUT2D eigenvalue weighted by molar-refractivity contribution is 5.85. The molecule has 0 spiro atoms. The number of benzene rings is 1. The van der Waals surface area contributed by atoms with Gasteiger partial charge in [-0.05, 0) is 37.4 Å². The molecule has 0 aromatic heterocycles. The fourth-order valence-electron chi connectivity index (χ4n) is 2.81. The maximum atomic E-state index is 3.47. The van der Waals surface area contributed by atoms with E-state index >= 15 is 0 Å². The summed E-state index contributed by atoms with van der Waals surface area (Å²) in [7, 11) is 0. The number of fused-ring (bicyclic) bond motifs is 1. The molecule has 0 bridgehead atoms. The zero-order valence-electron chi connectivity index (χ0n) is 8.20. The lowest BCUT2D eigenvalue weighted by atomic mass is 9.88. The van der Waals surface area contributed by atoms with E-state index in [1.165, 1.54) is 25.9 Å². The predicted octanol–water partition coefficient (Wildman–Crippen LogP) is 2.36. The number of hydrogen-bond acceptors (Lipinski definition) is 1. The molecule has 1 aromatic rings. The molecule has 2 atom stereocenters. The Kier molecular flexibility index (Phi) is 2.54. The molecule has 1 saturated heterocycles. The van der Waals surface area contributed by atoms with Crippen molar-refractivity contribution in [2.24, 2.45) is 5.92 Å². The average Bonchev–Trinajstić information content (AvgIpc) is 2.94. The Hall–Kier alpha value is -0.530. The zero-order chi connectivity index (χ0) is 8.73. The summed E-state index contributed by atoms with van der Waals surface area (Å²) in [4.78, 5) is 0. The van der Waals surface area contributed by atoms with Gasteiger partial charge in [0.1, 0.15) is 0 Å². The number of nitrogens with one attached hydrogen (secondary N) is 1. The van der Waals surface area contributed by atoms with Gasteiger partial charge in [-0.2, -0.15) is 0 Å². The van der Waals surface area contributed by atoms with E-state index in [0.29, 0.717) is 5.41 Å². The van der Waals surface area contributed by atoms with E-state index in [4.69, 9.17) is 0 Å². The third kappa shape index (κ3) is 1.35. The maximum Gasteiger partial charge on any atom is 0.000912 e. The van der Waals surface area contributed by atoms with Crippen LogP contribution in [0.3, 0.4) is 0 Å². The molecule has 1 saturated carbocycles. The second-order valence-corrected chi connectivity index (χ2v) is 4.38. The minimum atomic E-state index is 0. The lowest BCUT2D eigenvalue weighted by Gasteiger charge is -2.23. The second kappa shape index (κ2) is 3.56. The van der Waals surface area contributed by atoms with Crippen LogP contribution in [0.15, 0.2) is 30.3 Å². The van der Waals surface area contributed by atoms with E-state index in [9.17, 15) is 0 Å². The molecule has 0 radical (unpaired) electrons. The highest BCUT2D eigenvalue weighted by Gasteiger charge is 2.55. The van der Waals surface area contributed by atoms with Crippen molar-refractivity contribution in [3.63, 3.8) is 0 Å². The maximum absolute atomic E-state index is 3.47. The summed E-state index contributed by atoms with van der Waals surface area (Å²) >= 11 is 0. The van der Waals surface area contributed by atoms with Crippen molar-refractivity contribution in [2.45, 2.75) is 18.3 Å². The van der Waals surface area contributed by atoms with Crippen molar-refractivity contribution in [1.82, 2.24) is 5.32 Å². The van der Waals surface area contributed by atoms with Crippen LogP contribution in [0, 0.1) is 5.92 Å². The van der Waals surface area contributed by atoms with Gasteiger partial charge < -0.3 is 5.32 Å². The number of piperidine rings is 1. The first-order valence-electron chi connectivity index (χ1n) is 5.18. The zero-order valence-corrected chi connectivity index (χ0v) is 9.02. The van der Waals surface area contributed by atoms with Crippen LogP contribution in [0.5, 0.6) is 0 Å². The van der Waals surface area contributed by atoms with Crippen LogP contribution in [-0.2, 0) is 5.41 Å². The van der Waals surface area contributed by atoms with Crippen LogP contribution in [0.2, 0.25) is 0 Å². The van der Waals surface area contributed by atoms with Crippen LogP contribution in [-0.4, -0.2) is 13.1 Å². The van der Waals surface area contributed by atoms with Gasteiger partial charge >= 0.3 is 0 Å². The molecular weight excluding hydrogens is 194 g/mol. The van der Waals surface area contributed by atoms with Gasteiger partial charge in [0.15, 0.2) is 0 Å². The summed E-state index contributed by atoms with van der Waals surface area (Å²) in [5, 5.41) is 3.47. The second-order valence-electron chi connectivity index (χ2n) is 4.38. The Balaban J connectivity index is 0.000000750. The summed E-state index contributed by atoms with van der Waals surface area (Å²) in [6.07, 6.45) is 2.74. The number of rotatable bonds is 1. The van der Waals surface area contributed by atoms with E-state index in [1.54, 1.807) is 5.56 Å². The molecule has 1 heterocycles. The van der Waals surface area contributed by atoms with E-state index in [2.05, 4.69) is 35.6 Å². The average molecular weight is 210 g/mol. The summed E-state index contributed by atoms with van der Waals surface area (Å²) < 4.78 is 0. The standard InChI is InChI=1S/C12H15N.ClH/c1-2-4-10(5-3-1)12-6-7-13-9-11(12)8-12;/h1-5,11,13H,6-9H2;1H/t11-,12-;/m1./s1. The fourth-order valence-corrected chi connectivity index (χ4v) is 2.81. The number of hydrogen-bond donors (Lipinski definition) is 1. The Morgan fingerprint density at radius 2 is 2.00 bits per heavy atom. The van der Waals surface area contributed by atoms with Crippen molar-refractivity contribution in [3.05, 3.63) is 35.9 Å². The topological polar surface area (TPSA) is 12.0 Å². The molecule has 1 nitrogen and oxygen atoms in total. The lowest BCUT2D eigenvalue weighted by Crippen LogP contribution is -2.31. The highest BCUT2D eigenvalue weighted by Crippen LogP contribution is 2.57. The van der Waals surface area contributed by atoms with Gasteiger partial charge in [-0.1, -0.05) is 30.3 Å². The minimum absolute atomic E-state index is 0. The number of halogens is 1. The molecule has 3 rings (SSSR count). The molecule has 1 aliphatic carbocycles. The predicted molar refractivity (Wildman–Crippen MR) is 61.0 cm³/mol. The summed E-state index contributed by atoms with van der Waals surface area (Å²) in [5.41, 5.74) is 2.15. The van der Waals surface area contributed by atoms with Crippen LogP contribution in [0.4, 0.5) is 0 Å². The van der Waals surface area contributed by atoms with Crippen LogP contribution >= 0.6 is 12.4 Å². The molecule has 1 N–H and O–H groups in total. The minimum Gasteiger partial charge on any atom is -0.316 e. The first-order valence-corrected chi connectivity index (χ1v) is 5.18. The van der Waals surface area contributed by atoms with Gasteiger partial charge in [-0.3, -0.25) is 0 Å². The van der Waals surface area contributed by atoms with Crippen molar-refractivity contribution >= 4 is 12.4 Å². The molecule has 2 heteroatoms. The summed E-state index contributed by atoms with van der Waals surface area (Å²) in [6.45, 7) is 2.43. The van der Waals surface area contributed by atoms with Crippen LogP contribution in [0.25, 0.3) is 0 Å². The third-order valence-corrected chi connectivity index (χ3v) is 3.72. The first-order chi connectivity index (χ1) is 6.42. The monoisotopic (exact) mass is 209 g/mol.